The van der Waals surface area contributed by atoms with Crippen molar-refractivity contribution in [1.29, 1.82) is 0 Å². The van der Waals surface area contributed by atoms with Gasteiger partial charge in [-0.2, -0.15) is 0 Å². The maximum Gasteiger partial charge on any atom is 0.304 e. The first kappa shape index (κ1) is 9.52. The molecule has 0 aliphatic heterocycles. The van der Waals surface area contributed by atoms with Gasteiger partial charge in [-0.05, 0) is 31.1 Å². The van der Waals surface area contributed by atoms with E-state index in [2.05, 4.69) is 6.92 Å². The van der Waals surface area contributed by atoms with Crippen LogP contribution in [-0.2, 0) is 4.79 Å². The summed E-state index contributed by atoms with van der Waals surface area (Å²) in [6, 6.07) is -0.155. The van der Waals surface area contributed by atoms with E-state index in [-0.39, 0.29) is 12.5 Å². The first-order valence-electron chi connectivity index (χ1n) is 4.57. The molecule has 2 atom stereocenters. The van der Waals surface area contributed by atoms with Gasteiger partial charge < -0.3 is 10.8 Å². The highest BCUT2D eigenvalue weighted by atomic mass is 16.4. The lowest BCUT2D eigenvalue weighted by molar-refractivity contribution is -0.137. The first-order chi connectivity index (χ1) is 5.59. The SMILES string of the molecule is CC(CC(N)CC(=O)O)C1CC1. The van der Waals surface area contributed by atoms with Crippen molar-refractivity contribution in [3.63, 3.8) is 0 Å². The van der Waals surface area contributed by atoms with Crippen LogP contribution < -0.4 is 5.73 Å². The molecule has 1 aliphatic carbocycles. The van der Waals surface area contributed by atoms with Crippen molar-refractivity contribution in [3.05, 3.63) is 0 Å². The number of rotatable bonds is 5. The molecule has 0 spiro atoms. The Kier molecular flexibility index (Phi) is 3.09. The molecule has 3 heteroatoms. The van der Waals surface area contributed by atoms with Crippen LogP contribution in [0.4, 0.5) is 0 Å². The van der Waals surface area contributed by atoms with Crippen LogP contribution >= 0.6 is 0 Å². The molecule has 1 rings (SSSR count). The van der Waals surface area contributed by atoms with Crippen LogP contribution in [0.2, 0.25) is 0 Å². The van der Waals surface area contributed by atoms with Crippen LogP contribution in [-0.4, -0.2) is 17.1 Å². The lowest BCUT2D eigenvalue weighted by atomic mass is 9.96. The molecule has 3 N–H and O–H groups in total. The van der Waals surface area contributed by atoms with Gasteiger partial charge in [-0.3, -0.25) is 4.79 Å². The minimum Gasteiger partial charge on any atom is -0.481 e. The van der Waals surface area contributed by atoms with Gasteiger partial charge in [-0.1, -0.05) is 6.92 Å². The van der Waals surface area contributed by atoms with Gasteiger partial charge in [-0.25, -0.2) is 0 Å². The Morgan fingerprint density at radius 3 is 2.67 bits per heavy atom. The fourth-order valence-electron chi connectivity index (χ4n) is 1.64. The minimum atomic E-state index is -0.787. The van der Waals surface area contributed by atoms with Crippen molar-refractivity contribution in [2.45, 2.75) is 38.6 Å². The molecule has 0 radical (unpaired) electrons. The predicted octanol–water partition coefficient (Wildman–Crippen LogP) is 1.22. The van der Waals surface area contributed by atoms with Crippen molar-refractivity contribution in [2.24, 2.45) is 17.6 Å². The van der Waals surface area contributed by atoms with Crippen LogP contribution in [0, 0.1) is 11.8 Å². The Labute approximate surface area is 72.9 Å². The zero-order valence-electron chi connectivity index (χ0n) is 7.49. The standard InChI is InChI=1S/C9H17NO2/c1-6(7-2-3-7)4-8(10)5-9(11)12/h6-8H,2-5,10H2,1H3,(H,11,12). The second kappa shape index (κ2) is 3.90. The van der Waals surface area contributed by atoms with Crippen molar-refractivity contribution in [3.8, 4) is 0 Å². The Hall–Kier alpha value is -0.570. The van der Waals surface area contributed by atoms with E-state index in [9.17, 15) is 4.79 Å². The Balaban J connectivity index is 2.15. The van der Waals surface area contributed by atoms with Crippen LogP contribution in [0.5, 0.6) is 0 Å². The number of carboxylic acids is 1. The van der Waals surface area contributed by atoms with Gasteiger partial charge in [0.05, 0.1) is 6.42 Å². The fraction of sp³-hybridized carbons (Fsp3) is 0.889. The highest BCUT2D eigenvalue weighted by Crippen LogP contribution is 2.38. The topological polar surface area (TPSA) is 63.3 Å². The summed E-state index contributed by atoms with van der Waals surface area (Å²) in [5.74, 6) is 0.648. The average molecular weight is 171 g/mol. The molecule has 2 unspecified atom stereocenters. The summed E-state index contributed by atoms with van der Waals surface area (Å²) >= 11 is 0. The van der Waals surface area contributed by atoms with Gasteiger partial charge in [0, 0.05) is 6.04 Å². The summed E-state index contributed by atoms with van der Waals surface area (Å²) in [4.78, 5) is 10.3. The molecule has 0 saturated heterocycles. The van der Waals surface area contributed by atoms with Gasteiger partial charge in [0.1, 0.15) is 0 Å². The summed E-state index contributed by atoms with van der Waals surface area (Å²) in [5.41, 5.74) is 5.66. The maximum absolute atomic E-state index is 10.3. The molecule has 0 amide bonds. The second-order valence-electron chi connectivity index (χ2n) is 3.91. The molecule has 1 fully saturated rings. The van der Waals surface area contributed by atoms with E-state index in [1.807, 2.05) is 0 Å². The third-order valence-corrected chi connectivity index (χ3v) is 2.54. The van der Waals surface area contributed by atoms with E-state index >= 15 is 0 Å². The third kappa shape index (κ3) is 3.22. The molecule has 0 bridgehead atoms. The molecule has 12 heavy (non-hydrogen) atoms. The number of carboxylic acid groups (broad SMARTS) is 1. The fourth-order valence-corrected chi connectivity index (χ4v) is 1.64. The number of aliphatic carboxylic acids is 1. The number of nitrogens with two attached hydrogens (primary N) is 1. The molecule has 0 aromatic heterocycles. The zero-order valence-corrected chi connectivity index (χ0v) is 7.49. The van der Waals surface area contributed by atoms with Gasteiger partial charge in [-0.15, -0.1) is 0 Å². The molecule has 1 saturated carbocycles. The monoisotopic (exact) mass is 171 g/mol. The van der Waals surface area contributed by atoms with Crippen molar-refractivity contribution in [1.82, 2.24) is 0 Å². The first-order valence-corrected chi connectivity index (χ1v) is 4.57. The molecule has 1 aliphatic rings. The van der Waals surface area contributed by atoms with Crippen molar-refractivity contribution >= 4 is 5.97 Å². The lowest BCUT2D eigenvalue weighted by Crippen LogP contribution is -2.26. The van der Waals surface area contributed by atoms with Gasteiger partial charge in [0.25, 0.3) is 0 Å². The minimum absolute atomic E-state index is 0.108. The average Bonchev–Trinajstić information content (AvgIpc) is 2.63. The molecule has 70 valence electrons. The van der Waals surface area contributed by atoms with Crippen molar-refractivity contribution < 1.29 is 9.90 Å². The highest BCUT2D eigenvalue weighted by molar-refractivity contribution is 5.67. The molecule has 3 nitrogen and oxygen atoms in total. The summed E-state index contributed by atoms with van der Waals surface area (Å²) in [6.45, 7) is 2.17. The molecule has 0 aromatic rings. The zero-order chi connectivity index (χ0) is 9.14. The van der Waals surface area contributed by atoms with Gasteiger partial charge >= 0.3 is 5.97 Å². The van der Waals surface area contributed by atoms with Crippen LogP contribution in [0.1, 0.15) is 32.6 Å². The summed E-state index contributed by atoms with van der Waals surface area (Å²) in [6.07, 6.45) is 3.58. The second-order valence-corrected chi connectivity index (χ2v) is 3.91. The van der Waals surface area contributed by atoms with Crippen LogP contribution in [0.3, 0.4) is 0 Å². The smallest absolute Gasteiger partial charge is 0.304 e. The Bertz CT molecular complexity index is 166. The Morgan fingerprint density at radius 2 is 2.25 bits per heavy atom. The highest BCUT2D eigenvalue weighted by Gasteiger charge is 2.29. The number of hydrogen-bond acceptors (Lipinski definition) is 2. The van der Waals surface area contributed by atoms with E-state index in [0.29, 0.717) is 5.92 Å². The normalized spacial score (nSPS) is 21.8. The Morgan fingerprint density at radius 1 is 1.67 bits per heavy atom. The predicted molar refractivity (Wildman–Crippen MR) is 46.7 cm³/mol. The van der Waals surface area contributed by atoms with E-state index in [1.54, 1.807) is 0 Å². The molecule has 0 heterocycles. The molecule has 0 aromatic carbocycles. The van der Waals surface area contributed by atoms with Crippen LogP contribution in [0.25, 0.3) is 0 Å². The van der Waals surface area contributed by atoms with Gasteiger partial charge in [0.2, 0.25) is 0 Å². The molecular formula is C9H17NO2. The third-order valence-electron chi connectivity index (χ3n) is 2.54. The van der Waals surface area contributed by atoms with E-state index in [0.717, 1.165) is 12.3 Å². The van der Waals surface area contributed by atoms with E-state index in [4.69, 9.17) is 10.8 Å². The maximum atomic E-state index is 10.3. The summed E-state index contributed by atoms with van der Waals surface area (Å²) < 4.78 is 0. The summed E-state index contributed by atoms with van der Waals surface area (Å²) in [5, 5.41) is 8.47. The van der Waals surface area contributed by atoms with Crippen LogP contribution in [0.15, 0.2) is 0 Å². The van der Waals surface area contributed by atoms with E-state index < -0.39 is 5.97 Å². The van der Waals surface area contributed by atoms with Crippen molar-refractivity contribution in [2.75, 3.05) is 0 Å². The molecular weight excluding hydrogens is 154 g/mol. The summed E-state index contributed by atoms with van der Waals surface area (Å²) in [7, 11) is 0. The number of hydrogen-bond donors (Lipinski definition) is 2. The van der Waals surface area contributed by atoms with Gasteiger partial charge in [0.15, 0.2) is 0 Å². The number of carbonyl (C=O) groups is 1. The van der Waals surface area contributed by atoms with E-state index in [1.165, 1.54) is 12.8 Å². The lowest BCUT2D eigenvalue weighted by Gasteiger charge is -2.14. The largest absolute Gasteiger partial charge is 0.481 e. The quantitative estimate of drug-likeness (QED) is 0.653.